The monoisotopic (exact) mass is 224 g/mol. The number of hydrogen-bond acceptors (Lipinski definition) is 2. The van der Waals surface area contributed by atoms with Gasteiger partial charge in [-0.3, -0.25) is 4.79 Å². The largest absolute Gasteiger partial charge is 0.355 e. The Labute approximate surface area is 99.5 Å². The van der Waals surface area contributed by atoms with Gasteiger partial charge in [-0.2, -0.15) is 0 Å². The van der Waals surface area contributed by atoms with E-state index in [2.05, 4.69) is 10.6 Å². The SMILES string of the molecule is O=C1NCc2ccccc2Nc2ccccc21. The first kappa shape index (κ1) is 9.90. The van der Waals surface area contributed by atoms with Crippen LogP contribution in [0.3, 0.4) is 0 Å². The third-order valence-corrected chi connectivity index (χ3v) is 2.90. The van der Waals surface area contributed by atoms with E-state index in [1.807, 2.05) is 48.5 Å². The Balaban J connectivity index is 2.12. The minimum Gasteiger partial charge on any atom is -0.355 e. The Hall–Kier alpha value is -2.29. The number of rotatable bonds is 0. The normalized spacial score (nSPS) is 13.5. The number of carbonyl (C=O) groups is 1. The summed E-state index contributed by atoms with van der Waals surface area (Å²) < 4.78 is 0. The van der Waals surface area contributed by atoms with Gasteiger partial charge in [0.25, 0.3) is 5.91 Å². The molecule has 2 aromatic carbocycles. The minimum atomic E-state index is -0.0393. The van der Waals surface area contributed by atoms with Crippen molar-refractivity contribution in [3.63, 3.8) is 0 Å². The minimum absolute atomic E-state index is 0.0393. The molecule has 84 valence electrons. The highest BCUT2D eigenvalue weighted by Gasteiger charge is 2.15. The van der Waals surface area contributed by atoms with Gasteiger partial charge in [0, 0.05) is 12.2 Å². The van der Waals surface area contributed by atoms with E-state index in [0.29, 0.717) is 12.1 Å². The molecule has 0 aromatic heterocycles. The zero-order chi connectivity index (χ0) is 11.7. The smallest absolute Gasteiger partial charge is 0.253 e. The van der Waals surface area contributed by atoms with Crippen LogP contribution in [-0.4, -0.2) is 5.91 Å². The van der Waals surface area contributed by atoms with E-state index in [1.54, 1.807) is 0 Å². The molecule has 0 bridgehead atoms. The third kappa shape index (κ3) is 1.76. The summed E-state index contributed by atoms with van der Waals surface area (Å²) >= 11 is 0. The molecular formula is C14H12N2O. The Morgan fingerprint density at radius 1 is 0.882 bits per heavy atom. The lowest BCUT2D eigenvalue weighted by molar-refractivity contribution is 0.0951. The fourth-order valence-corrected chi connectivity index (χ4v) is 2.00. The Morgan fingerprint density at radius 3 is 2.47 bits per heavy atom. The van der Waals surface area contributed by atoms with Crippen molar-refractivity contribution in [2.45, 2.75) is 6.54 Å². The van der Waals surface area contributed by atoms with E-state index in [1.165, 1.54) is 0 Å². The van der Waals surface area contributed by atoms with Gasteiger partial charge < -0.3 is 10.6 Å². The molecule has 0 spiro atoms. The van der Waals surface area contributed by atoms with Crippen LogP contribution < -0.4 is 10.6 Å². The van der Waals surface area contributed by atoms with Crippen LogP contribution in [0.5, 0.6) is 0 Å². The second-order valence-electron chi connectivity index (χ2n) is 4.01. The molecule has 1 aliphatic rings. The molecule has 17 heavy (non-hydrogen) atoms. The summed E-state index contributed by atoms with van der Waals surface area (Å²) in [5, 5.41) is 6.23. The number of carbonyl (C=O) groups excluding carboxylic acids is 1. The number of fused-ring (bicyclic) bond motifs is 2. The predicted octanol–water partition coefficient (Wildman–Crippen LogP) is 2.67. The summed E-state index contributed by atoms with van der Waals surface area (Å²) in [6.45, 7) is 0.552. The molecule has 0 radical (unpaired) electrons. The van der Waals surface area contributed by atoms with E-state index < -0.39 is 0 Å². The lowest BCUT2D eigenvalue weighted by Crippen LogP contribution is -2.25. The maximum atomic E-state index is 11.9. The van der Waals surface area contributed by atoms with Gasteiger partial charge in [0.1, 0.15) is 0 Å². The van der Waals surface area contributed by atoms with E-state index in [9.17, 15) is 4.79 Å². The molecule has 0 atom stereocenters. The van der Waals surface area contributed by atoms with Gasteiger partial charge in [0.05, 0.1) is 11.3 Å². The van der Waals surface area contributed by atoms with Gasteiger partial charge in [-0.05, 0) is 23.8 Å². The van der Waals surface area contributed by atoms with Crippen molar-refractivity contribution < 1.29 is 4.79 Å². The van der Waals surface area contributed by atoms with Crippen LogP contribution in [0.15, 0.2) is 48.5 Å². The molecule has 0 saturated carbocycles. The summed E-state index contributed by atoms with van der Waals surface area (Å²) in [7, 11) is 0. The van der Waals surface area contributed by atoms with Gasteiger partial charge in [0.15, 0.2) is 0 Å². The van der Waals surface area contributed by atoms with Crippen molar-refractivity contribution >= 4 is 17.3 Å². The van der Waals surface area contributed by atoms with Crippen LogP contribution in [0.25, 0.3) is 0 Å². The Kier molecular flexibility index (Phi) is 2.29. The summed E-state index contributed by atoms with van der Waals surface area (Å²) in [6.07, 6.45) is 0. The molecule has 2 N–H and O–H groups in total. The average molecular weight is 224 g/mol. The van der Waals surface area contributed by atoms with Crippen LogP contribution in [0, 0.1) is 0 Å². The second kappa shape index (κ2) is 3.94. The quantitative estimate of drug-likeness (QED) is 0.722. The Morgan fingerprint density at radius 2 is 1.59 bits per heavy atom. The highest BCUT2D eigenvalue weighted by molar-refractivity contribution is 6.01. The average Bonchev–Trinajstić information content (AvgIpc) is 2.36. The molecule has 1 heterocycles. The highest BCUT2D eigenvalue weighted by atomic mass is 16.1. The van der Waals surface area contributed by atoms with Gasteiger partial charge in [-0.25, -0.2) is 0 Å². The molecule has 3 nitrogen and oxygen atoms in total. The van der Waals surface area contributed by atoms with E-state index in [-0.39, 0.29) is 5.91 Å². The summed E-state index contributed by atoms with van der Waals surface area (Å²) in [5.74, 6) is -0.0393. The first-order valence-corrected chi connectivity index (χ1v) is 5.57. The maximum absolute atomic E-state index is 11.9. The zero-order valence-corrected chi connectivity index (χ0v) is 9.23. The summed E-state index contributed by atoms with van der Waals surface area (Å²) in [4.78, 5) is 11.9. The van der Waals surface area contributed by atoms with Gasteiger partial charge in [0.2, 0.25) is 0 Å². The summed E-state index contributed by atoms with van der Waals surface area (Å²) in [6, 6.07) is 15.5. The molecule has 1 aliphatic heterocycles. The van der Waals surface area contributed by atoms with Crippen molar-refractivity contribution in [1.82, 2.24) is 5.32 Å². The van der Waals surface area contributed by atoms with Crippen LogP contribution in [0.4, 0.5) is 11.4 Å². The third-order valence-electron chi connectivity index (χ3n) is 2.90. The Bertz CT molecular complexity index is 578. The number of para-hydroxylation sites is 2. The van der Waals surface area contributed by atoms with E-state index >= 15 is 0 Å². The fraction of sp³-hybridized carbons (Fsp3) is 0.0714. The lowest BCUT2D eigenvalue weighted by Gasteiger charge is -2.18. The van der Waals surface area contributed by atoms with Gasteiger partial charge >= 0.3 is 0 Å². The molecule has 3 rings (SSSR count). The van der Waals surface area contributed by atoms with Crippen molar-refractivity contribution in [3.05, 3.63) is 59.7 Å². The zero-order valence-electron chi connectivity index (χ0n) is 9.23. The molecule has 1 amide bonds. The van der Waals surface area contributed by atoms with E-state index in [0.717, 1.165) is 16.9 Å². The first-order valence-electron chi connectivity index (χ1n) is 5.57. The molecule has 3 heteroatoms. The number of amides is 1. The number of hydrogen-bond donors (Lipinski definition) is 2. The van der Waals surface area contributed by atoms with Gasteiger partial charge in [-0.15, -0.1) is 0 Å². The molecular weight excluding hydrogens is 212 g/mol. The van der Waals surface area contributed by atoms with Crippen LogP contribution in [-0.2, 0) is 6.54 Å². The van der Waals surface area contributed by atoms with Gasteiger partial charge in [-0.1, -0.05) is 30.3 Å². The second-order valence-corrected chi connectivity index (χ2v) is 4.01. The highest BCUT2D eigenvalue weighted by Crippen LogP contribution is 2.25. The molecule has 0 fully saturated rings. The summed E-state index contributed by atoms with van der Waals surface area (Å²) in [5.41, 5.74) is 3.66. The molecule has 0 aliphatic carbocycles. The van der Waals surface area contributed by atoms with Crippen molar-refractivity contribution in [1.29, 1.82) is 0 Å². The van der Waals surface area contributed by atoms with Crippen LogP contribution >= 0.6 is 0 Å². The number of anilines is 2. The molecule has 0 unspecified atom stereocenters. The van der Waals surface area contributed by atoms with Crippen molar-refractivity contribution in [2.75, 3.05) is 5.32 Å². The standard InChI is InChI=1S/C14H12N2O/c17-14-11-6-2-4-8-13(11)16-12-7-3-1-5-10(12)9-15-14/h1-8,16H,9H2,(H,15,17). The topological polar surface area (TPSA) is 41.1 Å². The lowest BCUT2D eigenvalue weighted by atomic mass is 10.1. The first-order chi connectivity index (χ1) is 8.34. The molecule has 0 saturated heterocycles. The van der Waals surface area contributed by atoms with E-state index in [4.69, 9.17) is 0 Å². The predicted molar refractivity (Wildman–Crippen MR) is 67.3 cm³/mol. The number of nitrogens with one attached hydrogen (secondary N) is 2. The maximum Gasteiger partial charge on any atom is 0.253 e. The molecule has 2 aromatic rings. The van der Waals surface area contributed by atoms with Crippen LogP contribution in [0.1, 0.15) is 15.9 Å². The van der Waals surface area contributed by atoms with Crippen molar-refractivity contribution in [3.8, 4) is 0 Å². The van der Waals surface area contributed by atoms with Crippen molar-refractivity contribution in [2.24, 2.45) is 0 Å². The van der Waals surface area contributed by atoms with Crippen LogP contribution in [0.2, 0.25) is 0 Å². The fourth-order valence-electron chi connectivity index (χ4n) is 2.00. The number of benzene rings is 2.